The summed E-state index contributed by atoms with van der Waals surface area (Å²) >= 11 is 0. The molecule has 0 unspecified atom stereocenters. The summed E-state index contributed by atoms with van der Waals surface area (Å²) in [4.78, 5) is 12.8. The molecular weight excluding hydrogens is 226 g/mol. The first-order valence-electron chi connectivity index (χ1n) is 6.32. The van der Waals surface area contributed by atoms with Gasteiger partial charge in [-0.1, -0.05) is 19.1 Å². The third-order valence-corrected chi connectivity index (χ3v) is 2.73. The molecule has 0 atom stereocenters. The summed E-state index contributed by atoms with van der Waals surface area (Å²) < 4.78 is 0. The summed E-state index contributed by atoms with van der Waals surface area (Å²) in [6, 6.07) is 8.43. The quantitative estimate of drug-likeness (QED) is 0.783. The average Bonchev–Trinajstić information content (AvgIpc) is 2.34. The summed E-state index contributed by atoms with van der Waals surface area (Å²) in [5, 5.41) is 8.57. The smallest absolute Gasteiger partial charge is 0.328 e. The molecule has 1 aromatic rings. The number of anilines is 1. The standard InChI is InChI=1S/C15H21NO2/c1-4-11-16(12(2)3)14-8-5-13(6-9-14)7-10-15(17)18/h5-10,12H,4,11H2,1-3H3,(H,17,18)/b10-7+. The third-order valence-electron chi connectivity index (χ3n) is 2.73. The van der Waals surface area contributed by atoms with Crippen LogP contribution in [-0.2, 0) is 4.79 Å². The van der Waals surface area contributed by atoms with E-state index < -0.39 is 5.97 Å². The largest absolute Gasteiger partial charge is 0.478 e. The molecule has 0 heterocycles. The number of aliphatic carboxylic acids is 1. The van der Waals surface area contributed by atoms with Crippen molar-refractivity contribution in [3.05, 3.63) is 35.9 Å². The van der Waals surface area contributed by atoms with Gasteiger partial charge in [-0.25, -0.2) is 4.79 Å². The first kappa shape index (κ1) is 14.3. The van der Waals surface area contributed by atoms with E-state index in [9.17, 15) is 4.79 Å². The molecule has 0 spiro atoms. The van der Waals surface area contributed by atoms with Crippen LogP contribution in [0.4, 0.5) is 5.69 Å². The van der Waals surface area contributed by atoms with Crippen LogP contribution in [0.1, 0.15) is 32.8 Å². The highest BCUT2D eigenvalue weighted by Crippen LogP contribution is 2.18. The van der Waals surface area contributed by atoms with E-state index in [1.165, 1.54) is 5.69 Å². The zero-order chi connectivity index (χ0) is 13.5. The number of carboxylic acids is 1. The van der Waals surface area contributed by atoms with E-state index >= 15 is 0 Å². The zero-order valence-corrected chi connectivity index (χ0v) is 11.3. The lowest BCUT2D eigenvalue weighted by Crippen LogP contribution is -2.31. The fourth-order valence-electron chi connectivity index (χ4n) is 1.87. The fraction of sp³-hybridized carbons (Fsp3) is 0.400. The van der Waals surface area contributed by atoms with Gasteiger partial charge in [-0.3, -0.25) is 0 Å². The van der Waals surface area contributed by atoms with E-state index in [1.54, 1.807) is 6.08 Å². The lowest BCUT2D eigenvalue weighted by Gasteiger charge is -2.28. The molecule has 1 rings (SSSR count). The zero-order valence-electron chi connectivity index (χ0n) is 11.3. The van der Waals surface area contributed by atoms with E-state index in [0.29, 0.717) is 6.04 Å². The number of hydrogen-bond acceptors (Lipinski definition) is 2. The molecule has 0 amide bonds. The van der Waals surface area contributed by atoms with E-state index in [0.717, 1.165) is 24.6 Å². The van der Waals surface area contributed by atoms with Gasteiger partial charge in [0.05, 0.1) is 0 Å². The van der Waals surface area contributed by atoms with Gasteiger partial charge < -0.3 is 10.0 Å². The van der Waals surface area contributed by atoms with Crippen molar-refractivity contribution in [1.82, 2.24) is 0 Å². The number of carbonyl (C=O) groups is 1. The summed E-state index contributed by atoms with van der Waals surface area (Å²) in [6.45, 7) is 7.54. The number of benzene rings is 1. The van der Waals surface area contributed by atoms with Gasteiger partial charge in [-0.2, -0.15) is 0 Å². The lowest BCUT2D eigenvalue weighted by molar-refractivity contribution is -0.131. The summed E-state index contributed by atoms with van der Waals surface area (Å²) in [6.07, 6.45) is 3.87. The molecule has 0 aliphatic carbocycles. The van der Waals surface area contributed by atoms with Crippen molar-refractivity contribution in [2.75, 3.05) is 11.4 Å². The third kappa shape index (κ3) is 4.24. The molecule has 0 saturated heterocycles. The second-order valence-corrected chi connectivity index (χ2v) is 4.55. The Hall–Kier alpha value is -1.77. The molecule has 0 radical (unpaired) electrons. The van der Waals surface area contributed by atoms with Gasteiger partial charge in [0.1, 0.15) is 0 Å². The maximum Gasteiger partial charge on any atom is 0.328 e. The summed E-state index contributed by atoms with van der Waals surface area (Å²) in [5.41, 5.74) is 2.08. The Labute approximate surface area is 109 Å². The van der Waals surface area contributed by atoms with Gasteiger partial charge in [-0.15, -0.1) is 0 Å². The van der Waals surface area contributed by atoms with Gasteiger partial charge in [-0.05, 0) is 44.0 Å². The molecule has 18 heavy (non-hydrogen) atoms. The maximum atomic E-state index is 10.4. The van der Waals surface area contributed by atoms with Crippen LogP contribution in [0.25, 0.3) is 6.08 Å². The van der Waals surface area contributed by atoms with E-state index in [1.807, 2.05) is 24.3 Å². The molecule has 3 nitrogen and oxygen atoms in total. The van der Waals surface area contributed by atoms with E-state index in [-0.39, 0.29) is 0 Å². The van der Waals surface area contributed by atoms with Gasteiger partial charge >= 0.3 is 5.97 Å². The molecule has 0 fully saturated rings. The van der Waals surface area contributed by atoms with Crippen molar-refractivity contribution in [3.8, 4) is 0 Å². The Bertz CT molecular complexity index is 407. The molecule has 0 saturated carbocycles. The van der Waals surface area contributed by atoms with Gasteiger partial charge in [0, 0.05) is 24.4 Å². The predicted molar refractivity (Wildman–Crippen MR) is 75.9 cm³/mol. The Morgan fingerprint density at radius 2 is 1.94 bits per heavy atom. The first-order valence-corrected chi connectivity index (χ1v) is 6.32. The van der Waals surface area contributed by atoms with Crippen molar-refractivity contribution in [3.63, 3.8) is 0 Å². The molecule has 0 aliphatic heterocycles. The monoisotopic (exact) mass is 247 g/mol. The topological polar surface area (TPSA) is 40.5 Å². The Morgan fingerprint density at radius 3 is 2.39 bits per heavy atom. The van der Waals surface area contributed by atoms with Crippen LogP contribution in [0, 0.1) is 0 Å². The minimum atomic E-state index is -0.922. The van der Waals surface area contributed by atoms with Crippen LogP contribution in [0.15, 0.2) is 30.3 Å². The first-order chi connectivity index (χ1) is 8.54. The fourth-order valence-corrected chi connectivity index (χ4v) is 1.87. The molecule has 1 N–H and O–H groups in total. The highest BCUT2D eigenvalue weighted by atomic mass is 16.4. The molecular formula is C15H21NO2. The summed E-state index contributed by atoms with van der Waals surface area (Å²) in [7, 11) is 0. The Kier molecular flexibility index (Phi) is 5.43. The van der Waals surface area contributed by atoms with Crippen molar-refractivity contribution >= 4 is 17.7 Å². The molecule has 0 aromatic heterocycles. The Balaban J connectivity index is 2.83. The van der Waals surface area contributed by atoms with Crippen LogP contribution in [0.2, 0.25) is 0 Å². The minimum absolute atomic E-state index is 0.463. The molecule has 1 aromatic carbocycles. The maximum absolute atomic E-state index is 10.4. The SMILES string of the molecule is CCCN(c1ccc(/C=C/C(=O)O)cc1)C(C)C. The van der Waals surface area contributed by atoms with Crippen LogP contribution in [0.5, 0.6) is 0 Å². The number of rotatable bonds is 6. The van der Waals surface area contributed by atoms with Crippen LogP contribution in [-0.4, -0.2) is 23.7 Å². The second kappa shape index (κ2) is 6.84. The van der Waals surface area contributed by atoms with Crippen LogP contribution < -0.4 is 4.90 Å². The molecule has 0 bridgehead atoms. The van der Waals surface area contributed by atoms with Crippen molar-refractivity contribution < 1.29 is 9.90 Å². The van der Waals surface area contributed by atoms with Crippen molar-refractivity contribution in [1.29, 1.82) is 0 Å². The highest BCUT2D eigenvalue weighted by Gasteiger charge is 2.08. The minimum Gasteiger partial charge on any atom is -0.478 e. The molecule has 3 heteroatoms. The van der Waals surface area contributed by atoms with Crippen molar-refractivity contribution in [2.45, 2.75) is 33.2 Å². The van der Waals surface area contributed by atoms with Crippen LogP contribution >= 0.6 is 0 Å². The molecule has 0 aliphatic rings. The van der Waals surface area contributed by atoms with Gasteiger partial charge in [0.15, 0.2) is 0 Å². The predicted octanol–water partition coefficient (Wildman–Crippen LogP) is 3.41. The number of hydrogen-bond donors (Lipinski definition) is 1. The van der Waals surface area contributed by atoms with Gasteiger partial charge in [0.2, 0.25) is 0 Å². The number of carboxylic acid groups (broad SMARTS) is 1. The highest BCUT2D eigenvalue weighted by molar-refractivity contribution is 5.85. The molecule has 98 valence electrons. The van der Waals surface area contributed by atoms with Crippen molar-refractivity contribution in [2.24, 2.45) is 0 Å². The second-order valence-electron chi connectivity index (χ2n) is 4.55. The number of nitrogens with zero attached hydrogens (tertiary/aromatic N) is 1. The average molecular weight is 247 g/mol. The normalized spacial score (nSPS) is 11.1. The van der Waals surface area contributed by atoms with Crippen LogP contribution in [0.3, 0.4) is 0 Å². The lowest BCUT2D eigenvalue weighted by atomic mass is 10.1. The Morgan fingerprint density at radius 1 is 1.33 bits per heavy atom. The van der Waals surface area contributed by atoms with E-state index in [4.69, 9.17) is 5.11 Å². The van der Waals surface area contributed by atoms with E-state index in [2.05, 4.69) is 25.7 Å². The summed E-state index contributed by atoms with van der Waals surface area (Å²) in [5.74, 6) is -0.922. The van der Waals surface area contributed by atoms with Gasteiger partial charge in [0.25, 0.3) is 0 Å².